The van der Waals surface area contributed by atoms with Crippen LogP contribution in [0.4, 0.5) is 5.69 Å². The summed E-state index contributed by atoms with van der Waals surface area (Å²) in [4.78, 5) is 21.7. The Hall–Kier alpha value is -3.73. The summed E-state index contributed by atoms with van der Waals surface area (Å²) in [5.41, 5.74) is 4.03. The van der Waals surface area contributed by atoms with E-state index in [9.17, 15) is 4.79 Å². The number of carbonyl (C=O) groups is 1. The minimum absolute atomic E-state index is 0.229. The summed E-state index contributed by atoms with van der Waals surface area (Å²) in [5, 5.41) is 5.06. The summed E-state index contributed by atoms with van der Waals surface area (Å²) in [7, 11) is 0. The molecule has 0 spiro atoms. The van der Waals surface area contributed by atoms with Crippen molar-refractivity contribution < 1.29 is 4.79 Å². The molecule has 0 bridgehead atoms. The predicted octanol–water partition coefficient (Wildman–Crippen LogP) is 4.60. The molecule has 5 aromatic rings. The largest absolute Gasteiger partial charge is 0.318 e. The maximum atomic E-state index is 12.8. The van der Waals surface area contributed by atoms with Crippen LogP contribution in [0.15, 0.2) is 72.9 Å². The van der Waals surface area contributed by atoms with Gasteiger partial charge < -0.3 is 5.32 Å². The maximum Gasteiger partial charge on any atom is 0.274 e. The van der Waals surface area contributed by atoms with Gasteiger partial charge in [-0.3, -0.25) is 14.2 Å². The summed E-state index contributed by atoms with van der Waals surface area (Å²) in [5.74, 6) is 0.644. The molecule has 0 atom stereocenters. The van der Waals surface area contributed by atoms with Crippen molar-refractivity contribution in [2.45, 2.75) is 6.92 Å². The molecule has 0 aliphatic carbocycles. The van der Waals surface area contributed by atoms with Crippen LogP contribution in [0.2, 0.25) is 0 Å². The molecular weight excluding hydrogens is 336 g/mol. The van der Waals surface area contributed by atoms with Crippen molar-refractivity contribution in [3.63, 3.8) is 0 Å². The average Bonchev–Trinajstić information content (AvgIpc) is 3.04. The van der Waals surface area contributed by atoms with Crippen LogP contribution < -0.4 is 5.32 Å². The molecule has 3 aromatic heterocycles. The molecule has 0 aliphatic rings. The number of nitrogens with one attached hydrogen (secondary N) is 1. The van der Waals surface area contributed by atoms with Crippen LogP contribution in [0.1, 0.15) is 16.3 Å². The van der Waals surface area contributed by atoms with Crippen molar-refractivity contribution in [2.75, 3.05) is 5.32 Å². The molecule has 5 heteroatoms. The fourth-order valence-corrected chi connectivity index (χ4v) is 3.63. The summed E-state index contributed by atoms with van der Waals surface area (Å²) < 4.78 is 2.10. The third-order valence-electron chi connectivity index (χ3n) is 4.78. The van der Waals surface area contributed by atoms with Gasteiger partial charge in [-0.2, -0.15) is 0 Å². The Morgan fingerprint density at radius 3 is 2.48 bits per heavy atom. The molecular formula is C22H16N4O. The number of benzene rings is 2. The molecule has 0 aliphatic heterocycles. The average molecular weight is 352 g/mol. The number of hydrogen-bond donors (Lipinski definition) is 1. The standard InChI is InChI=1S/C22H16N4O/c1-14-24-17-10-4-2-8-15(17)21-20(16-9-3-5-12-19(16)26(14)21)25-22(27)18-11-6-7-13-23-18/h2-13H,1H3,(H,25,27). The lowest BCUT2D eigenvalue weighted by Crippen LogP contribution is -2.13. The van der Waals surface area contributed by atoms with E-state index >= 15 is 0 Å². The number of nitrogens with zero attached hydrogens (tertiary/aromatic N) is 3. The Morgan fingerprint density at radius 2 is 1.67 bits per heavy atom. The first-order chi connectivity index (χ1) is 13.2. The van der Waals surface area contributed by atoms with Crippen molar-refractivity contribution in [3.8, 4) is 0 Å². The van der Waals surface area contributed by atoms with Crippen LogP contribution in [-0.4, -0.2) is 20.3 Å². The third kappa shape index (κ3) is 2.36. The zero-order valence-corrected chi connectivity index (χ0v) is 14.7. The molecule has 5 rings (SSSR count). The van der Waals surface area contributed by atoms with Crippen LogP contribution >= 0.6 is 0 Å². The fourth-order valence-electron chi connectivity index (χ4n) is 3.63. The topological polar surface area (TPSA) is 59.3 Å². The van der Waals surface area contributed by atoms with Gasteiger partial charge in [0, 0.05) is 17.0 Å². The second-order valence-corrected chi connectivity index (χ2v) is 6.42. The van der Waals surface area contributed by atoms with Crippen LogP contribution in [-0.2, 0) is 0 Å². The molecule has 3 heterocycles. The third-order valence-corrected chi connectivity index (χ3v) is 4.78. The summed E-state index contributed by atoms with van der Waals surface area (Å²) >= 11 is 0. The van der Waals surface area contributed by atoms with Gasteiger partial charge in [0.1, 0.15) is 11.5 Å². The normalized spacial score (nSPS) is 11.3. The first-order valence-corrected chi connectivity index (χ1v) is 8.75. The smallest absolute Gasteiger partial charge is 0.274 e. The molecule has 0 fully saturated rings. The molecule has 130 valence electrons. The van der Waals surface area contributed by atoms with E-state index in [0.717, 1.165) is 38.8 Å². The quantitative estimate of drug-likeness (QED) is 0.505. The predicted molar refractivity (Wildman–Crippen MR) is 107 cm³/mol. The Balaban J connectivity index is 1.85. The number of pyridine rings is 1. The van der Waals surface area contributed by atoms with Crippen molar-refractivity contribution >= 4 is 38.9 Å². The van der Waals surface area contributed by atoms with E-state index in [1.807, 2.05) is 55.5 Å². The molecule has 27 heavy (non-hydrogen) atoms. The van der Waals surface area contributed by atoms with Crippen molar-refractivity contribution in [3.05, 3.63) is 84.4 Å². The molecule has 0 radical (unpaired) electrons. The first kappa shape index (κ1) is 15.5. The Morgan fingerprint density at radius 1 is 0.926 bits per heavy atom. The fraction of sp³-hybridized carbons (Fsp3) is 0.0455. The van der Waals surface area contributed by atoms with E-state index in [1.165, 1.54) is 0 Å². The summed E-state index contributed by atoms with van der Waals surface area (Å²) in [6.07, 6.45) is 1.62. The zero-order chi connectivity index (χ0) is 18.4. The highest BCUT2D eigenvalue weighted by Crippen LogP contribution is 2.36. The number of rotatable bonds is 2. The van der Waals surface area contributed by atoms with Gasteiger partial charge in [-0.05, 0) is 31.2 Å². The molecule has 0 saturated carbocycles. The zero-order valence-electron chi connectivity index (χ0n) is 14.7. The van der Waals surface area contributed by atoms with Crippen LogP contribution in [0.5, 0.6) is 0 Å². The number of carbonyl (C=O) groups excluding carboxylic acids is 1. The van der Waals surface area contributed by atoms with Gasteiger partial charge in [-0.1, -0.05) is 42.5 Å². The van der Waals surface area contributed by atoms with Gasteiger partial charge in [0.25, 0.3) is 5.91 Å². The molecule has 1 N–H and O–H groups in total. The van der Waals surface area contributed by atoms with Gasteiger partial charge in [-0.15, -0.1) is 0 Å². The molecule has 5 nitrogen and oxygen atoms in total. The van der Waals surface area contributed by atoms with Gasteiger partial charge in [-0.25, -0.2) is 4.98 Å². The summed E-state index contributed by atoms with van der Waals surface area (Å²) in [6, 6.07) is 21.3. The number of amides is 1. The maximum absolute atomic E-state index is 12.8. The lowest BCUT2D eigenvalue weighted by atomic mass is 10.1. The molecule has 1 amide bonds. The van der Waals surface area contributed by atoms with Crippen molar-refractivity contribution in [2.24, 2.45) is 0 Å². The molecule has 0 unspecified atom stereocenters. The highest BCUT2D eigenvalue weighted by Gasteiger charge is 2.19. The minimum Gasteiger partial charge on any atom is -0.318 e. The van der Waals surface area contributed by atoms with Crippen molar-refractivity contribution in [1.29, 1.82) is 0 Å². The molecule has 2 aromatic carbocycles. The lowest BCUT2D eigenvalue weighted by Gasteiger charge is -2.09. The first-order valence-electron chi connectivity index (χ1n) is 8.75. The van der Waals surface area contributed by atoms with E-state index in [2.05, 4.69) is 14.7 Å². The Bertz CT molecular complexity index is 1320. The summed E-state index contributed by atoms with van der Waals surface area (Å²) in [6.45, 7) is 1.98. The van der Waals surface area contributed by atoms with E-state index in [-0.39, 0.29) is 5.91 Å². The molecule has 0 saturated heterocycles. The second-order valence-electron chi connectivity index (χ2n) is 6.42. The highest BCUT2D eigenvalue weighted by atomic mass is 16.1. The number of anilines is 1. The monoisotopic (exact) mass is 352 g/mol. The van der Waals surface area contributed by atoms with Crippen LogP contribution in [0.3, 0.4) is 0 Å². The Labute approximate surface area is 155 Å². The van der Waals surface area contributed by atoms with Crippen LogP contribution in [0.25, 0.3) is 27.3 Å². The second kappa shape index (κ2) is 5.92. The highest BCUT2D eigenvalue weighted by molar-refractivity contribution is 6.18. The number of para-hydroxylation sites is 2. The van der Waals surface area contributed by atoms with Gasteiger partial charge in [0.15, 0.2) is 0 Å². The number of aromatic nitrogens is 3. The van der Waals surface area contributed by atoms with E-state index in [4.69, 9.17) is 4.98 Å². The number of aryl methyl sites for hydroxylation is 1. The van der Waals surface area contributed by atoms with E-state index in [0.29, 0.717) is 5.69 Å². The van der Waals surface area contributed by atoms with Gasteiger partial charge >= 0.3 is 0 Å². The van der Waals surface area contributed by atoms with Gasteiger partial charge in [0.05, 0.1) is 22.2 Å². The van der Waals surface area contributed by atoms with Crippen LogP contribution in [0, 0.1) is 6.92 Å². The van der Waals surface area contributed by atoms with E-state index < -0.39 is 0 Å². The minimum atomic E-state index is -0.229. The SMILES string of the molecule is Cc1nc2ccccc2c2c(NC(=O)c3ccccn3)c3ccccc3n12. The number of hydrogen-bond acceptors (Lipinski definition) is 3. The van der Waals surface area contributed by atoms with Gasteiger partial charge in [0.2, 0.25) is 0 Å². The Kier molecular flexibility index (Phi) is 3.40. The lowest BCUT2D eigenvalue weighted by molar-refractivity contribution is 0.102. The van der Waals surface area contributed by atoms with Crippen molar-refractivity contribution in [1.82, 2.24) is 14.4 Å². The van der Waals surface area contributed by atoms with E-state index in [1.54, 1.807) is 24.4 Å². The number of fused-ring (bicyclic) bond motifs is 5.